The third-order valence-corrected chi connectivity index (χ3v) is 13.5. The Hall–Kier alpha value is -4.42. The summed E-state index contributed by atoms with van der Waals surface area (Å²) in [4.78, 5) is 49.0. The van der Waals surface area contributed by atoms with E-state index >= 15 is 0 Å². The van der Waals surface area contributed by atoms with Crippen LogP contribution in [0.4, 0.5) is 21.6 Å². The van der Waals surface area contributed by atoms with Crippen molar-refractivity contribution >= 4 is 40.0 Å². The lowest BCUT2D eigenvalue weighted by Gasteiger charge is -2.49. The molecular formula is C41H47FN8O3. The van der Waals surface area contributed by atoms with E-state index in [4.69, 9.17) is 14.7 Å². The van der Waals surface area contributed by atoms with Crippen LogP contribution in [0.3, 0.4) is 0 Å². The molecule has 7 heterocycles. The quantitative estimate of drug-likeness (QED) is 0.240. The van der Waals surface area contributed by atoms with Gasteiger partial charge >= 0.3 is 0 Å². The summed E-state index contributed by atoms with van der Waals surface area (Å²) >= 11 is 0. The van der Waals surface area contributed by atoms with Crippen molar-refractivity contribution in [2.24, 2.45) is 11.3 Å². The van der Waals surface area contributed by atoms with Crippen LogP contribution in [0, 0.1) is 17.2 Å². The maximum absolute atomic E-state index is 15.0. The first-order valence-corrected chi connectivity index (χ1v) is 19.5. The number of piperidine rings is 2. The van der Waals surface area contributed by atoms with Gasteiger partial charge in [0, 0.05) is 61.2 Å². The van der Waals surface area contributed by atoms with Crippen molar-refractivity contribution in [2.45, 2.75) is 95.3 Å². The molecule has 11 nitrogen and oxygen atoms in total. The zero-order valence-electron chi connectivity index (χ0n) is 30.7. The van der Waals surface area contributed by atoms with Gasteiger partial charge in [0.05, 0.1) is 53.5 Å². The maximum atomic E-state index is 15.0. The normalized spacial score (nSPS) is 27.1. The molecule has 2 amide bonds. The number of carbonyl (C=O) groups is 2. The van der Waals surface area contributed by atoms with Crippen LogP contribution in [0.5, 0.6) is 0 Å². The molecule has 10 rings (SSSR count). The second-order valence-corrected chi connectivity index (χ2v) is 17.1. The smallest absolute Gasteiger partial charge is 0.238 e. The van der Waals surface area contributed by atoms with Crippen molar-refractivity contribution in [2.75, 3.05) is 43.1 Å². The fourth-order valence-electron chi connectivity index (χ4n) is 10.3. The van der Waals surface area contributed by atoms with Gasteiger partial charge in [0.1, 0.15) is 5.52 Å². The van der Waals surface area contributed by atoms with Crippen LogP contribution >= 0.6 is 0 Å². The van der Waals surface area contributed by atoms with Gasteiger partial charge in [0.25, 0.3) is 0 Å². The summed E-state index contributed by atoms with van der Waals surface area (Å²) in [5.74, 6) is 1.19. The number of rotatable bonds is 7. The van der Waals surface area contributed by atoms with Gasteiger partial charge in [-0.1, -0.05) is 12.1 Å². The van der Waals surface area contributed by atoms with Gasteiger partial charge in [0.15, 0.2) is 11.6 Å². The molecule has 1 aromatic carbocycles. The monoisotopic (exact) mass is 718 g/mol. The lowest BCUT2D eigenvalue weighted by Crippen LogP contribution is -2.60. The topological polar surface area (TPSA) is 109 Å². The lowest BCUT2D eigenvalue weighted by molar-refractivity contribution is -0.170. The molecule has 4 aliphatic heterocycles. The number of hydrogen-bond donors (Lipinski definition) is 1. The Kier molecular flexibility index (Phi) is 7.54. The SMILES string of the molecule is CC(C)n1cnc2cc(-c3ccc4c(c3)N(C3CC(N5CC6CC[C@@H]5C6)C3)C(=O)C43CCN(C(=O)C4(C)COC4)CC3)nc(Nc3ccncc3F)c21. The highest BCUT2D eigenvalue weighted by atomic mass is 19.1. The molecule has 3 saturated heterocycles. The molecule has 1 N–H and O–H groups in total. The number of amides is 2. The minimum atomic E-state index is -0.668. The Morgan fingerprint density at radius 3 is 2.53 bits per heavy atom. The van der Waals surface area contributed by atoms with Gasteiger partial charge in [-0.2, -0.15) is 0 Å². The van der Waals surface area contributed by atoms with Crippen molar-refractivity contribution in [1.82, 2.24) is 29.3 Å². The molecule has 12 heteroatoms. The Labute approximate surface area is 308 Å². The highest BCUT2D eigenvalue weighted by molar-refractivity contribution is 6.09. The summed E-state index contributed by atoms with van der Waals surface area (Å²) in [6.07, 6.45) is 11.7. The number of carbonyl (C=O) groups excluding carboxylic acids is 2. The second kappa shape index (κ2) is 12.0. The van der Waals surface area contributed by atoms with Crippen molar-refractivity contribution < 1.29 is 18.7 Å². The third-order valence-electron chi connectivity index (χ3n) is 13.5. The van der Waals surface area contributed by atoms with Gasteiger partial charge in [0.2, 0.25) is 11.8 Å². The molecule has 2 atom stereocenters. The summed E-state index contributed by atoms with van der Waals surface area (Å²) in [5.41, 5.74) is 4.26. The molecule has 6 aliphatic rings. The maximum Gasteiger partial charge on any atom is 0.238 e. The molecule has 2 aliphatic carbocycles. The summed E-state index contributed by atoms with van der Waals surface area (Å²) in [6, 6.07) is 11.4. The average molecular weight is 719 g/mol. The molecular weight excluding hydrogens is 672 g/mol. The predicted molar refractivity (Wildman–Crippen MR) is 199 cm³/mol. The number of benzene rings is 1. The largest absolute Gasteiger partial charge is 0.379 e. The van der Waals surface area contributed by atoms with Gasteiger partial charge < -0.3 is 24.4 Å². The fraction of sp³-hybridized carbons (Fsp3) is 0.537. The molecule has 5 fully saturated rings. The molecule has 1 unspecified atom stereocenters. The second-order valence-electron chi connectivity index (χ2n) is 17.1. The Bertz CT molecular complexity index is 2130. The predicted octanol–water partition coefficient (Wildman–Crippen LogP) is 6.22. The minimum Gasteiger partial charge on any atom is -0.379 e. The molecule has 4 aromatic rings. The van der Waals surface area contributed by atoms with Crippen LogP contribution < -0.4 is 10.2 Å². The number of likely N-dealkylation sites (tertiary alicyclic amines) is 2. The van der Waals surface area contributed by atoms with Crippen LogP contribution in [-0.4, -0.2) is 92.1 Å². The zero-order chi connectivity index (χ0) is 36.2. The average Bonchev–Trinajstić information content (AvgIpc) is 3.92. The molecule has 53 heavy (non-hydrogen) atoms. The van der Waals surface area contributed by atoms with E-state index in [-0.39, 0.29) is 29.6 Å². The first kappa shape index (κ1) is 33.2. The van der Waals surface area contributed by atoms with E-state index in [1.165, 1.54) is 32.0 Å². The number of hydrogen-bond acceptors (Lipinski definition) is 8. The zero-order valence-corrected chi connectivity index (χ0v) is 30.7. The Morgan fingerprint density at radius 2 is 1.85 bits per heavy atom. The standard InChI is InChI=1S/C41H47FN8O3/c1-24(2)49-23-44-34-18-33(46-37(36(34)49)45-32-8-11-43-19-31(32)42)26-5-7-30-35(15-26)50(29-16-28(17-29)48-20-25-4-6-27(48)14-25)39(52)41(30)9-12-47(13-10-41)38(51)40(3)21-53-22-40/h5,7-8,11,15,18-19,23-25,27-29H,4,6,9-10,12-14,16-17,20-22H2,1-3H3,(H,43,45,46)/t25?,27-,28?,29?/m1/s1. The molecule has 276 valence electrons. The van der Waals surface area contributed by atoms with Crippen LogP contribution in [0.25, 0.3) is 22.3 Å². The molecule has 2 bridgehead atoms. The van der Waals surface area contributed by atoms with E-state index in [0.29, 0.717) is 62.7 Å². The van der Waals surface area contributed by atoms with Gasteiger partial charge in [-0.3, -0.25) is 19.5 Å². The van der Waals surface area contributed by atoms with E-state index in [9.17, 15) is 14.0 Å². The third kappa shape index (κ3) is 5.07. The van der Waals surface area contributed by atoms with Crippen LogP contribution in [0.2, 0.25) is 0 Å². The number of pyridine rings is 2. The summed E-state index contributed by atoms with van der Waals surface area (Å²) < 4.78 is 22.3. The molecule has 0 radical (unpaired) electrons. The van der Waals surface area contributed by atoms with Gasteiger partial charge in [-0.05, 0) is 95.4 Å². The van der Waals surface area contributed by atoms with Crippen molar-refractivity contribution in [3.05, 3.63) is 60.4 Å². The summed E-state index contributed by atoms with van der Waals surface area (Å²) in [7, 11) is 0. The first-order chi connectivity index (χ1) is 25.6. The van der Waals surface area contributed by atoms with E-state index in [1.54, 1.807) is 18.6 Å². The Morgan fingerprint density at radius 1 is 1.04 bits per heavy atom. The molecule has 3 aromatic heterocycles. The molecule has 2 saturated carbocycles. The highest BCUT2D eigenvalue weighted by Gasteiger charge is 2.57. The van der Waals surface area contributed by atoms with Crippen LogP contribution in [0.15, 0.2) is 49.1 Å². The summed E-state index contributed by atoms with van der Waals surface area (Å²) in [5, 5.41) is 3.24. The van der Waals surface area contributed by atoms with Crippen molar-refractivity contribution in [1.29, 1.82) is 0 Å². The Balaban J connectivity index is 1.02. The van der Waals surface area contributed by atoms with E-state index in [2.05, 4.69) is 52.1 Å². The van der Waals surface area contributed by atoms with E-state index < -0.39 is 16.6 Å². The molecule has 1 spiro atoms. The van der Waals surface area contributed by atoms with Gasteiger partial charge in [-0.15, -0.1) is 0 Å². The fourth-order valence-corrected chi connectivity index (χ4v) is 10.3. The number of anilines is 3. The van der Waals surface area contributed by atoms with Gasteiger partial charge in [-0.25, -0.2) is 14.4 Å². The first-order valence-electron chi connectivity index (χ1n) is 19.5. The number of nitrogens with zero attached hydrogens (tertiary/aromatic N) is 7. The number of nitrogens with one attached hydrogen (secondary N) is 1. The van der Waals surface area contributed by atoms with E-state index in [1.807, 2.05) is 22.5 Å². The number of ether oxygens (including phenoxy) is 1. The summed E-state index contributed by atoms with van der Waals surface area (Å²) in [6.45, 7) is 9.36. The lowest BCUT2D eigenvalue weighted by atomic mass is 9.72. The van der Waals surface area contributed by atoms with Crippen LogP contribution in [-0.2, 0) is 19.7 Å². The number of imidazole rings is 1. The minimum absolute atomic E-state index is 0.111. The van der Waals surface area contributed by atoms with Crippen LogP contribution in [0.1, 0.15) is 77.3 Å². The van der Waals surface area contributed by atoms with Crippen molar-refractivity contribution in [3.8, 4) is 11.3 Å². The van der Waals surface area contributed by atoms with Crippen molar-refractivity contribution in [3.63, 3.8) is 0 Å². The number of aromatic nitrogens is 4. The highest BCUT2D eigenvalue weighted by Crippen LogP contribution is 2.53. The number of fused-ring (bicyclic) bond motifs is 5. The number of halogens is 1. The van der Waals surface area contributed by atoms with E-state index in [0.717, 1.165) is 46.6 Å².